The van der Waals surface area contributed by atoms with Crippen LogP contribution in [0, 0.1) is 6.57 Å². The molecule has 1 aromatic carbocycles. The summed E-state index contributed by atoms with van der Waals surface area (Å²) in [5.41, 5.74) is -0.0559. The monoisotopic (exact) mass is 188 g/mol. The minimum absolute atomic E-state index is 0.417. The van der Waals surface area contributed by atoms with Crippen LogP contribution in [0.4, 0.5) is 11.4 Å². The Morgan fingerprint density at radius 2 is 2.29 bits per heavy atom. The van der Waals surface area contributed by atoms with Crippen LogP contribution in [-0.2, 0) is 10.4 Å². The minimum atomic E-state index is -1.52. The lowest BCUT2D eigenvalue weighted by Crippen LogP contribution is -2.30. The topological polar surface area (TPSA) is 53.7 Å². The fourth-order valence-corrected chi connectivity index (χ4v) is 1.48. The first-order valence-corrected chi connectivity index (χ1v) is 4.11. The highest BCUT2D eigenvalue weighted by Gasteiger charge is 2.40. The lowest BCUT2D eigenvalue weighted by molar-refractivity contribution is -0.131. The molecule has 0 saturated heterocycles. The number of fused-ring (bicyclic) bond motifs is 1. The summed E-state index contributed by atoms with van der Waals surface area (Å²) < 4.78 is 0. The van der Waals surface area contributed by atoms with Gasteiger partial charge >= 0.3 is 0 Å². The molecule has 4 nitrogen and oxygen atoms in total. The van der Waals surface area contributed by atoms with Crippen LogP contribution in [0.15, 0.2) is 18.2 Å². The molecule has 1 amide bonds. The molecule has 2 N–H and O–H groups in total. The maximum Gasteiger partial charge on any atom is 0.260 e. The van der Waals surface area contributed by atoms with Crippen molar-refractivity contribution in [2.45, 2.75) is 12.5 Å². The number of benzene rings is 1. The van der Waals surface area contributed by atoms with E-state index in [2.05, 4.69) is 10.2 Å². The van der Waals surface area contributed by atoms with E-state index in [1.807, 2.05) is 0 Å². The molecule has 1 atom stereocenters. The van der Waals surface area contributed by atoms with Crippen molar-refractivity contribution >= 4 is 17.3 Å². The van der Waals surface area contributed by atoms with Crippen LogP contribution >= 0.6 is 0 Å². The Bertz CT molecular complexity index is 458. The Balaban J connectivity index is 2.64. The van der Waals surface area contributed by atoms with Gasteiger partial charge in [0, 0.05) is 11.3 Å². The zero-order chi connectivity index (χ0) is 10.3. The molecule has 1 aromatic rings. The van der Waals surface area contributed by atoms with E-state index in [4.69, 9.17) is 6.57 Å². The van der Waals surface area contributed by atoms with Crippen molar-refractivity contribution in [3.05, 3.63) is 35.2 Å². The second-order valence-corrected chi connectivity index (χ2v) is 3.37. The highest BCUT2D eigenvalue weighted by atomic mass is 16.3. The number of carbonyl (C=O) groups excluding carboxylic acids is 1. The summed E-state index contributed by atoms with van der Waals surface area (Å²) in [4.78, 5) is 14.6. The number of carbonyl (C=O) groups is 1. The highest BCUT2D eigenvalue weighted by molar-refractivity contribution is 6.04. The highest BCUT2D eigenvalue weighted by Crippen LogP contribution is 2.37. The molecule has 14 heavy (non-hydrogen) atoms. The number of hydrogen-bond acceptors (Lipinski definition) is 2. The lowest BCUT2D eigenvalue weighted by atomic mass is 9.97. The van der Waals surface area contributed by atoms with Crippen molar-refractivity contribution in [2.75, 3.05) is 5.32 Å². The van der Waals surface area contributed by atoms with E-state index in [1.54, 1.807) is 12.1 Å². The van der Waals surface area contributed by atoms with Gasteiger partial charge in [-0.2, -0.15) is 0 Å². The van der Waals surface area contributed by atoms with Gasteiger partial charge in [0.1, 0.15) is 0 Å². The fraction of sp³-hybridized carbons (Fsp3) is 0.200. The summed E-state index contributed by atoms with van der Waals surface area (Å²) >= 11 is 0. The third-order valence-corrected chi connectivity index (χ3v) is 2.35. The molecule has 0 radical (unpaired) electrons. The van der Waals surface area contributed by atoms with Gasteiger partial charge in [0.2, 0.25) is 0 Å². The van der Waals surface area contributed by atoms with Crippen molar-refractivity contribution in [3.8, 4) is 0 Å². The third-order valence-electron chi connectivity index (χ3n) is 2.35. The molecule has 1 unspecified atom stereocenters. The van der Waals surface area contributed by atoms with Crippen LogP contribution in [0.1, 0.15) is 12.5 Å². The first kappa shape index (κ1) is 8.73. The molecule has 0 saturated carbocycles. The number of nitrogens with zero attached hydrogens (tertiary/aromatic N) is 1. The molecule has 4 heteroatoms. The van der Waals surface area contributed by atoms with E-state index in [0.717, 1.165) is 0 Å². The second-order valence-electron chi connectivity index (χ2n) is 3.37. The standard InChI is InChI=1S/C10H8N2O2/c1-10(14)7-5-6(11-2)3-4-8(7)12-9(10)13/h3-5,14H,1H3,(H,12,13). The molecule has 1 heterocycles. The van der Waals surface area contributed by atoms with Gasteiger partial charge in [-0.15, -0.1) is 0 Å². The molecule has 0 bridgehead atoms. The lowest BCUT2D eigenvalue weighted by Gasteiger charge is -2.13. The van der Waals surface area contributed by atoms with Gasteiger partial charge in [-0.25, -0.2) is 4.85 Å². The Labute approximate surface area is 81.0 Å². The van der Waals surface area contributed by atoms with Crippen molar-refractivity contribution in [1.29, 1.82) is 0 Å². The number of rotatable bonds is 0. The molecule has 70 valence electrons. The number of aliphatic hydroxyl groups is 1. The summed E-state index contributed by atoms with van der Waals surface area (Å²) in [6.07, 6.45) is 0. The normalized spacial score (nSPS) is 23.9. The first-order valence-electron chi connectivity index (χ1n) is 4.11. The van der Waals surface area contributed by atoms with Crippen LogP contribution < -0.4 is 5.32 Å². The predicted molar refractivity (Wildman–Crippen MR) is 50.9 cm³/mol. The average molecular weight is 188 g/mol. The fourth-order valence-electron chi connectivity index (χ4n) is 1.48. The SMILES string of the molecule is [C-]#[N+]c1ccc2c(c1)C(C)(O)C(=O)N2. The van der Waals surface area contributed by atoms with Crippen LogP contribution in [0.2, 0.25) is 0 Å². The van der Waals surface area contributed by atoms with E-state index in [0.29, 0.717) is 16.9 Å². The van der Waals surface area contributed by atoms with Crippen LogP contribution in [0.25, 0.3) is 4.85 Å². The maximum atomic E-state index is 11.3. The first-order chi connectivity index (χ1) is 6.55. The molecule has 1 aliphatic rings. The zero-order valence-electron chi connectivity index (χ0n) is 7.53. The summed E-state index contributed by atoms with van der Waals surface area (Å²) in [6, 6.07) is 4.76. The molecule has 2 rings (SSSR count). The Hall–Kier alpha value is -1.86. The number of hydrogen-bond donors (Lipinski definition) is 2. The molecule has 0 aliphatic carbocycles. The summed E-state index contributed by atoms with van der Waals surface area (Å²) in [7, 11) is 0. The third kappa shape index (κ3) is 0.998. The van der Waals surface area contributed by atoms with Gasteiger partial charge in [-0.1, -0.05) is 6.07 Å². The maximum absolute atomic E-state index is 11.3. The quantitative estimate of drug-likeness (QED) is 0.604. The molecule has 0 spiro atoms. The van der Waals surface area contributed by atoms with Crippen LogP contribution in [0.5, 0.6) is 0 Å². The molecule has 1 aliphatic heterocycles. The van der Waals surface area contributed by atoms with Gasteiger partial charge in [-0.05, 0) is 19.1 Å². The molecule has 0 aromatic heterocycles. The summed E-state index contributed by atoms with van der Waals surface area (Å²) in [5, 5.41) is 12.4. The van der Waals surface area contributed by atoms with Gasteiger partial charge in [0.05, 0.1) is 6.57 Å². The van der Waals surface area contributed by atoms with Gasteiger partial charge in [0.15, 0.2) is 11.3 Å². The molecule has 0 fully saturated rings. The van der Waals surface area contributed by atoms with E-state index in [-0.39, 0.29) is 0 Å². The van der Waals surface area contributed by atoms with Gasteiger partial charge in [0.25, 0.3) is 5.91 Å². The van der Waals surface area contributed by atoms with Gasteiger partial charge < -0.3 is 10.4 Å². The van der Waals surface area contributed by atoms with Crippen molar-refractivity contribution in [1.82, 2.24) is 0 Å². The summed E-state index contributed by atoms with van der Waals surface area (Å²) in [6.45, 7) is 8.24. The van der Waals surface area contributed by atoms with Crippen molar-refractivity contribution in [3.63, 3.8) is 0 Å². The summed E-state index contributed by atoms with van der Waals surface area (Å²) in [5.74, 6) is -0.449. The number of amides is 1. The largest absolute Gasteiger partial charge is 0.375 e. The Morgan fingerprint density at radius 1 is 1.57 bits per heavy atom. The second kappa shape index (κ2) is 2.56. The Kier molecular flexibility index (Phi) is 1.60. The van der Waals surface area contributed by atoms with E-state index < -0.39 is 11.5 Å². The number of nitrogens with one attached hydrogen (secondary N) is 1. The average Bonchev–Trinajstić information content (AvgIpc) is 2.38. The van der Waals surface area contributed by atoms with E-state index >= 15 is 0 Å². The Morgan fingerprint density at radius 3 is 2.93 bits per heavy atom. The molecular weight excluding hydrogens is 180 g/mol. The minimum Gasteiger partial charge on any atom is -0.375 e. The smallest absolute Gasteiger partial charge is 0.260 e. The van der Waals surface area contributed by atoms with Crippen LogP contribution in [-0.4, -0.2) is 11.0 Å². The van der Waals surface area contributed by atoms with E-state index in [1.165, 1.54) is 13.0 Å². The zero-order valence-corrected chi connectivity index (χ0v) is 7.53. The van der Waals surface area contributed by atoms with Gasteiger partial charge in [-0.3, -0.25) is 4.79 Å². The van der Waals surface area contributed by atoms with Crippen molar-refractivity contribution < 1.29 is 9.90 Å². The van der Waals surface area contributed by atoms with Crippen LogP contribution in [0.3, 0.4) is 0 Å². The number of anilines is 1. The van der Waals surface area contributed by atoms with E-state index in [9.17, 15) is 9.90 Å². The molecular formula is C10H8N2O2. The van der Waals surface area contributed by atoms with Crippen molar-refractivity contribution in [2.24, 2.45) is 0 Å². The predicted octanol–water partition coefficient (Wildman–Crippen LogP) is 1.40.